The van der Waals surface area contributed by atoms with Crippen molar-refractivity contribution in [1.29, 1.82) is 0 Å². The van der Waals surface area contributed by atoms with Crippen LogP contribution in [0.3, 0.4) is 0 Å². The first kappa shape index (κ1) is 35.4. The summed E-state index contributed by atoms with van der Waals surface area (Å²) in [5, 5.41) is 48.7. The number of rotatable bonds is 13. The molecule has 0 radical (unpaired) electrons. The molecule has 13 nitrogen and oxygen atoms in total. The van der Waals surface area contributed by atoms with Gasteiger partial charge in [0, 0.05) is 46.8 Å². The summed E-state index contributed by atoms with van der Waals surface area (Å²) in [5.74, 6) is -1.39. The summed E-state index contributed by atoms with van der Waals surface area (Å²) in [6, 6.07) is 25.6. The molecule has 2 aromatic heterocycles. The zero-order chi connectivity index (χ0) is 36.8. The monoisotopic (exact) mass is 701 g/mol. The molecule has 0 fully saturated rings. The van der Waals surface area contributed by atoms with Gasteiger partial charge in [-0.1, -0.05) is 60.7 Å². The summed E-state index contributed by atoms with van der Waals surface area (Å²) in [6.07, 6.45) is 2.08. The smallest absolute Gasteiger partial charge is 0.345 e. The minimum atomic E-state index is -2.26. The van der Waals surface area contributed by atoms with E-state index in [4.69, 9.17) is 4.74 Å². The van der Waals surface area contributed by atoms with Crippen LogP contribution < -0.4 is 20.9 Å². The number of hydrogen-bond donors (Lipinski definition) is 7. The number of carboxylic acids is 1. The number of nitrogens with one attached hydrogen (secondary N) is 3. The van der Waals surface area contributed by atoms with Crippen LogP contribution in [0, 0.1) is 0 Å². The molecule has 2 atom stereocenters. The number of aromatic amines is 1. The molecule has 0 spiro atoms. The predicted molar refractivity (Wildman–Crippen MR) is 192 cm³/mol. The zero-order valence-electron chi connectivity index (χ0n) is 27.9. The summed E-state index contributed by atoms with van der Waals surface area (Å²) in [6.45, 7) is 0.567. The van der Waals surface area contributed by atoms with E-state index in [0.29, 0.717) is 45.8 Å². The molecule has 6 aromatic rings. The highest BCUT2D eigenvalue weighted by Gasteiger charge is 2.40. The molecule has 1 amide bonds. The number of aliphatic carboxylic acids is 1. The predicted octanol–water partition coefficient (Wildman–Crippen LogP) is 3.77. The van der Waals surface area contributed by atoms with Gasteiger partial charge in [-0.25, -0.2) is 4.79 Å². The molecule has 6 rings (SSSR count). The Bertz CT molecular complexity index is 2300. The highest BCUT2D eigenvalue weighted by atomic mass is 16.5. The topological polar surface area (TPSA) is 207 Å². The third-order valence-corrected chi connectivity index (χ3v) is 8.68. The number of aromatic hydroxyl groups is 1. The first-order valence-corrected chi connectivity index (χ1v) is 16.2. The second kappa shape index (κ2) is 15.2. The van der Waals surface area contributed by atoms with Gasteiger partial charge in [0.25, 0.3) is 5.91 Å². The number of aliphatic hydroxyl groups is 2. The van der Waals surface area contributed by atoms with Crippen molar-refractivity contribution in [2.24, 2.45) is 0 Å². The van der Waals surface area contributed by atoms with Crippen LogP contribution in [0.2, 0.25) is 0 Å². The molecule has 0 aliphatic carbocycles. The number of ether oxygens (including phenoxy) is 1. The molecule has 7 N–H and O–H groups in total. The number of carboxylic acid groups (broad SMARTS) is 1. The van der Waals surface area contributed by atoms with Gasteiger partial charge < -0.3 is 40.8 Å². The van der Waals surface area contributed by atoms with Gasteiger partial charge >= 0.3 is 5.97 Å². The second-order valence-electron chi connectivity index (χ2n) is 12.0. The number of carbonyl (C=O) groups is 2. The molecular formula is C39H35N5O8. The van der Waals surface area contributed by atoms with E-state index in [1.807, 2.05) is 0 Å². The Kier molecular flexibility index (Phi) is 10.4. The van der Waals surface area contributed by atoms with Crippen molar-refractivity contribution in [3.63, 3.8) is 0 Å². The van der Waals surface area contributed by atoms with Crippen LogP contribution in [0.4, 0.5) is 0 Å². The van der Waals surface area contributed by atoms with E-state index in [0.717, 1.165) is 5.56 Å². The first-order valence-electron chi connectivity index (χ1n) is 16.2. The SMILES string of the molecule is COc1cc(C(=O)NCc2cnc(-c3cccc(C(O)(C(=O)O)c4ccccc4)c3)cn2)ccc1CNCC(O)c1ccc(O)c2[nH]c(=O)ccc12. The Morgan fingerprint density at radius 1 is 0.904 bits per heavy atom. The zero-order valence-corrected chi connectivity index (χ0v) is 27.9. The summed E-state index contributed by atoms with van der Waals surface area (Å²) >= 11 is 0. The first-order chi connectivity index (χ1) is 25.1. The van der Waals surface area contributed by atoms with Crippen molar-refractivity contribution < 1.29 is 34.8 Å². The Morgan fingerprint density at radius 3 is 2.42 bits per heavy atom. The van der Waals surface area contributed by atoms with E-state index in [1.165, 1.54) is 37.7 Å². The molecule has 0 bridgehead atoms. The number of methoxy groups -OCH3 is 1. The minimum absolute atomic E-state index is 0.0856. The summed E-state index contributed by atoms with van der Waals surface area (Å²) in [5.41, 5.74) is 1.15. The number of fused-ring (bicyclic) bond motifs is 1. The Morgan fingerprint density at radius 2 is 1.69 bits per heavy atom. The lowest BCUT2D eigenvalue weighted by molar-refractivity contribution is -0.155. The van der Waals surface area contributed by atoms with Gasteiger partial charge in [-0.3, -0.25) is 19.6 Å². The molecule has 52 heavy (non-hydrogen) atoms. The summed E-state index contributed by atoms with van der Waals surface area (Å²) < 4.78 is 5.53. The lowest BCUT2D eigenvalue weighted by Crippen LogP contribution is -2.36. The van der Waals surface area contributed by atoms with Crippen LogP contribution in [0.5, 0.6) is 11.5 Å². The summed E-state index contributed by atoms with van der Waals surface area (Å²) in [7, 11) is 1.50. The van der Waals surface area contributed by atoms with Crippen molar-refractivity contribution in [2.45, 2.75) is 24.8 Å². The highest BCUT2D eigenvalue weighted by Crippen LogP contribution is 2.33. The van der Waals surface area contributed by atoms with Gasteiger partial charge in [-0.2, -0.15) is 0 Å². The van der Waals surface area contributed by atoms with Gasteiger partial charge in [-0.05, 0) is 41.5 Å². The fourth-order valence-electron chi connectivity index (χ4n) is 5.90. The van der Waals surface area contributed by atoms with Gasteiger partial charge in [0.1, 0.15) is 11.5 Å². The maximum absolute atomic E-state index is 13.0. The van der Waals surface area contributed by atoms with E-state index >= 15 is 0 Å². The number of carbonyl (C=O) groups excluding carboxylic acids is 1. The maximum atomic E-state index is 13.0. The standard InChI is InChI=1S/C39H35N5O8/c1-52-34-17-24(10-11-25(34)18-40-22-33(46)29-12-14-32(45)36-30(29)13-15-35(47)44-36)37(48)43-20-28-19-42-31(21-41-28)23-6-5-9-27(16-23)39(51,38(49)50)26-7-3-2-4-8-26/h2-17,19,21,33,40,45-46,51H,18,20,22H2,1H3,(H,43,48)(H,44,47)(H,49,50). The lowest BCUT2D eigenvalue weighted by Gasteiger charge is -2.25. The number of amides is 1. The van der Waals surface area contributed by atoms with E-state index in [9.17, 15) is 34.8 Å². The van der Waals surface area contributed by atoms with Crippen molar-refractivity contribution in [3.05, 3.63) is 153 Å². The molecule has 2 heterocycles. The number of hydrogen-bond acceptors (Lipinski definition) is 10. The summed E-state index contributed by atoms with van der Waals surface area (Å²) in [4.78, 5) is 48.4. The fourth-order valence-corrected chi connectivity index (χ4v) is 5.90. The van der Waals surface area contributed by atoms with E-state index in [1.54, 1.807) is 78.9 Å². The largest absolute Gasteiger partial charge is 0.506 e. The number of benzene rings is 4. The Balaban J connectivity index is 1.06. The fraction of sp³-hybridized carbons (Fsp3) is 0.154. The van der Waals surface area contributed by atoms with E-state index in [-0.39, 0.29) is 46.9 Å². The lowest BCUT2D eigenvalue weighted by atomic mass is 9.85. The molecular weight excluding hydrogens is 666 g/mol. The Labute approximate surface area is 297 Å². The number of pyridine rings is 1. The van der Waals surface area contributed by atoms with Gasteiger partial charge in [0.15, 0.2) is 0 Å². The average Bonchev–Trinajstić information content (AvgIpc) is 3.17. The molecule has 13 heteroatoms. The van der Waals surface area contributed by atoms with Gasteiger partial charge in [0.2, 0.25) is 11.2 Å². The van der Waals surface area contributed by atoms with Gasteiger partial charge in [-0.15, -0.1) is 0 Å². The van der Waals surface area contributed by atoms with Crippen LogP contribution in [0.25, 0.3) is 22.2 Å². The van der Waals surface area contributed by atoms with Crippen molar-refractivity contribution >= 4 is 22.8 Å². The van der Waals surface area contributed by atoms with Gasteiger partial charge in [0.05, 0.1) is 49.1 Å². The normalized spacial score (nSPS) is 12.9. The number of phenolic OH excluding ortho intramolecular Hbond substituents is 1. The molecule has 4 aromatic carbocycles. The molecule has 0 saturated heterocycles. The number of phenols is 1. The van der Waals surface area contributed by atoms with Crippen molar-refractivity contribution in [2.75, 3.05) is 13.7 Å². The third-order valence-electron chi connectivity index (χ3n) is 8.68. The van der Waals surface area contributed by atoms with Crippen LogP contribution in [0.15, 0.2) is 114 Å². The molecule has 2 unspecified atom stereocenters. The van der Waals surface area contributed by atoms with Crippen LogP contribution in [-0.4, -0.2) is 60.9 Å². The number of H-pyrrole nitrogens is 1. The van der Waals surface area contributed by atoms with E-state index in [2.05, 4.69) is 25.6 Å². The number of nitrogens with zero attached hydrogens (tertiary/aromatic N) is 2. The quantitative estimate of drug-likeness (QED) is 0.0923. The Hall–Kier alpha value is -6.41. The van der Waals surface area contributed by atoms with Crippen molar-refractivity contribution in [1.82, 2.24) is 25.6 Å². The number of aliphatic hydroxyl groups excluding tert-OH is 1. The van der Waals surface area contributed by atoms with Crippen LogP contribution in [-0.2, 0) is 23.5 Å². The third kappa shape index (κ3) is 7.37. The maximum Gasteiger partial charge on any atom is 0.345 e. The minimum Gasteiger partial charge on any atom is -0.506 e. The molecule has 0 aliphatic heterocycles. The van der Waals surface area contributed by atoms with Crippen LogP contribution >= 0.6 is 0 Å². The van der Waals surface area contributed by atoms with Crippen LogP contribution in [0.1, 0.15) is 44.4 Å². The second-order valence-corrected chi connectivity index (χ2v) is 12.0. The average molecular weight is 702 g/mol. The van der Waals surface area contributed by atoms with Crippen molar-refractivity contribution in [3.8, 4) is 22.8 Å². The van der Waals surface area contributed by atoms with E-state index < -0.39 is 17.7 Å². The molecule has 0 saturated carbocycles. The molecule has 264 valence electrons. The molecule has 0 aliphatic rings. The number of aromatic nitrogens is 3. The highest BCUT2D eigenvalue weighted by molar-refractivity contribution is 5.94.